The largest absolute Gasteiger partial charge is 0.381 e. The van der Waals surface area contributed by atoms with Crippen LogP contribution in [-0.4, -0.2) is 23.1 Å². The second-order valence-corrected chi connectivity index (χ2v) is 4.56. The van der Waals surface area contributed by atoms with Crippen molar-refractivity contribution in [3.8, 4) is 11.3 Å². The SMILES string of the molecule is CCc1ncc(NCCN)c(-c2ccc(Cl)cc2)n1. The summed E-state index contributed by atoms with van der Waals surface area (Å²) in [7, 11) is 0. The second-order valence-electron chi connectivity index (χ2n) is 4.12. The van der Waals surface area contributed by atoms with Gasteiger partial charge in [0.1, 0.15) is 5.82 Å². The van der Waals surface area contributed by atoms with Crippen molar-refractivity contribution in [2.24, 2.45) is 5.73 Å². The summed E-state index contributed by atoms with van der Waals surface area (Å²) in [6.45, 7) is 3.29. The number of hydrogen-bond acceptors (Lipinski definition) is 4. The maximum Gasteiger partial charge on any atom is 0.128 e. The van der Waals surface area contributed by atoms with Crippen molar-refractivity contribution in [2.45, 2.75) is 13.3 Å². The molecule has 4 nitrogen and oxygen atoms in total. The normalized spacial score (nSPS) is 10.5. The van der Waals surface area contributed by atoms with Crippen molar-refractivity contribution in [1.82, 2.24) is 9.97 Å². The fourth-order valence-corrected chi connectivity index (χ4v) is 1.88. The van der Waals surface area contributed by atoms with E-state index in [1.54, 1.807) is 0 Å². The Morgan fingerprint density at radius 2 is 2.00 bits per heavy atom. The number of hydrogen-bond donors (Lipinski definition) is 2. The van der Waals surface area contributed by atoms with E-state index >= 15 is 0 Å². The van der Waals surface area contributed by atoms with Gasteiger partial charge in [-0.1, -0.05) is 30.7 Å². The van der Waals surface area contributed by atoms with Crippen LogP contribution in [0.25, 0.3) is 11.3 Å². The third kappa shape index (κ3) is 3.43. The predicted molar refractivity (Wildman–Crippen MR) is 79.4 cm³/mol. The van der Waals surface area contributed by atoms with E-state index in [2.05, 4.69) is 15.3 Å². The Hall–Kier alpha value is -1.65. The maximum absolute atomic E-state index is 5.92. The number of nitrogens with one attached hydrogen (secondary N) is 1. The summed E-state index contributed by atoms with van der Waals surface area (Å²) in [5.41, 5.74) is 8.31. The van der Waals surface area contributed by atoms with Gasteiger partial charge in [0.05, 0.1) is 17.6 Å². The van der Waals surface area contributed by atoms with Gasteiger partial charge < -0.3 is 11.1 Å². The van der Waals surface area contributed by atoms with Crippen LogP contribution in [0, 0.1) is 0 Å². The van der Waals surface area contributed by atoms with Crippen LogP contribution < -0.4 is 11.1 Å². The van der Waals surface area contributed by atoms with Crippen LogP contribution in [0.4, 0.5) is 5.69 Å². The van der Waals surface area contributed by atoms with Gasteiger partial charge in [0.25, 0.3) is 0 Å². The summed E-state index contributed by atoms with van der Waals surface area (Å²) in [6.07, 6.45) is 2.61. The van der Waals surface area contributed by atoms with E-state index in [-0.39, 0.29) is 0 Å². The van der Waals surface area contributed by atoms with Gasteiger partial charge in [-0.25, -0.2) is 9.97 Å². The molecule has 0 aliphatic rings. The average Bonchev–Trinajstić information content (AvgIpc) is 2.46. The molecule has 0 aliphatic heterocycles. The van der Waals surface area contributed by atoms with Crippen LogP contribution >= 0.6 is 11.6 Å². The molecule has 0 spiro atoms. The Balaban J connectivity index is 2.42. The summed E-state index contributed by atoms with van der Waals surface area (Å²) in [6, 6.07) is 7.63. The second kappa shape index (κ2) is 6.50. The van der Waals surface area contributed by atoms with E-state index in [1.807, 2.05) is 37.4 Å². The highest BCUT2D eigenvalue weighted by molar-refractivity contribution is 6.30. The Kier molecular flexibility index (Phi) is 4.71. The van der Waals surface area contributed by atoms with Gasteiger partial charge in [-0.15, -0.1) is 0 Å². The van der Waals surface area contributed by atoms with Crippen LogP contribution in [0.3, 0.4) is 0 Å². The van der Waals surface area contributed by atoms with Crippen molar-refractivity contribution in [3.63, 3.8) is 0 Å². The van der Waals surface area contributed by atoms with E-state index in [0.29, 0.717) is 18.1 Å². The minimum Gasteiger partial charge on any atom is -0.381 e. The third-order valence-corrected chi connectivity index (χ3v) is 2.98. The monoisotopic (exact) mass is 276 g/mol. The van der Waals surface area contributed by atoms with Crippen LogP contribution in [0.1, 0.15) is 12.7 Å². The first-order valence-corrected chi connectivity index (χ1v) is 6.68. The van der Waals surface area contributed by atoms with Gasteiger partial charge >= 0.3 is 0 Å². The summed E-state index contributed by atoms with van der Waals surface area (Å²) < 4.78 is 0. The van der Waals surface area contributed by atoms with E-state index in [4.69, 9.17) is 17.3 Å². The highest BCUT2D eigenvalue weighted by Gasteiger charge is 2.08. The molecule has 0 aliphatic carbocycles. The summed E-state index contributed by atoms with van der Waals surface area (Å²) in [5, 5.41) is 3.96. The van der Waals surface area contributed by atoms with Gasteiger partial charge in [0.15, 0.2) is 0 Å². The lowest BCUT2D eigenvalue weighted by molar-refractivity contribution is 0.937. The van der Waals surface area contributed by atoms with E-state index < -0.39 is 0 Å². The number of rotatable bonds is 5. The lowest BCUT2D eigenvalue weighted by Crippen LogP contribution is -2.14. The number of aryl methyl sites for hydroxylation is 1. The average molecular weight is 277 g/mol. The molecule has 1 heterocycles. The van der Waals surface area contributed by atoms with Crippen molar-refractivity contribution >= 4 is 17.3 Å². The molecule has 19 heavy (non-hydrogen) atoms. The summed E-state index contributed by atoms with van der Waals surface area (Å²) in [5.74, 6) is 0.822. The molecule has 3 N–H and O–H groups in total. The number of nitrogens with two attached hydrogens (primary N) is 1. The maximum atomic E-state index is 5.92. The zero-order valence-electron chi connectivity index (χ0n) is 10.9. The molecule has 2 rings (SSSR count). The first kappa shape index (κ1) is 13.8. The standard InChI is InChI=1S/C14H17ClN4/c1-2-13-18-9-12(17-8-7-16)14(19-13)10-3-5-11(15)6-4-10/h3-6,9,17H,2,7-8,16H2,1H3. The quantitative estimate of drug-likeness (QED) is 0.881. The molecule has 0 radical (unpaired) electrons. The van der Waals surface area contributed by atoms with Crippen LogP contribution in [-0.2, 0) is 6.42 Å². The number of benzene rings is 1. The predicted octanol–water partition coefficient (Wildman–Crippen LogP) is 2.73. The molecular weight excluding hydrogens is 260 g/mol. The number of nitrogens with zero attached hydrogens (tertiary/aromatic N) is 2. The van der Waals surface area contributed by atoms with Crippen molar-refractivity contribution < 1.29 is 0 Å². The highest BCUT2D eigenvalue weighted by atomic mass is 35.5. The highest BCUT2D eigenvalue weighted by Crippen LogP contribution is 2.26. The van der Waals surface area contributed by atoms with Crippen molar-refractivity contribution in [1.29, 1.82) is 0 Å². The van der Waals surface area contributed by atoms with Crippen LogP contribution in [0.2, 0.25) is 5.02 Å². The fraction of sp³-hybridized carbons (Fsp3) is 0.286. The van der Waals surface area contributed by atoms with E-state index in [9.17, 15) is 0 Å². The molecule has 0 fully saturated rings. The van der Waals surface area contributed by atoms with Gasteiger partial charge in [0.2, 0.25) is 0 Å². The first-order chi connectivity index (χ1) is 9.24. The lowest BCUT2D eigenvalue weighted by Gasteiger charge is -2.11. The van der Waals surface area contributed by atoms with Crippen LogP contribution in [0.15, 0.2) is 30.5 Å². The molecule has 2 aromatic rings. The molecule has 1 aromatic heterocycles. The molecule has 0 amide bonds. The zero-order chi connectivity index (χ0) is 13.7. The molecule has 0 atom stereocenters. The van der Waals surface area contributed by atoms with Gasteiger partial charge in [-0.2, -0.15) is 0 Å². The molecule has 5 heteroatoms. The molecule has 0 saturated carbocycles. The molecule has 1 aromatic carbocycles. The zero-order valence-corrected chi connectivity index (χ0v) is 11.6. The Morgan fingerprint density at radius 3 is 2.63 bits per heavy atom. The van der Waals surface area contributed by atoms with E-state index in [0.717, 1.165) is 29.2 Å². The Morgan fingerprint density at radius 1 is 1.26 bits per heavy atom. The minimum atomic E-state index is 0.565. The Labute approximate surface area is 118 Å². The third-order valence-electron chi connectivity index (χ3n) is 2.73. The van der Waals surface area contributed by atoms with Crippen molar-refractivity contribution in [3.05, 3.63) is 41.3 Å². The molecular formula is C14H17ClN4. The van der Waals surface area contributed by atoms with E-state index in [1.165, 1.54) is 0 Å². The number of aromatic nitrogens is 2. The molecule has 0 unspecified atom stereocenters. The fourth-order valence-electron chi connectivity index (χ4n) is 1.75. The first-order valence-electron chi connectivity index (χ1n) is 6.30. The number of anilines is 1. The minimum absolute atomic E-state index is 0.565. The molecule has 0 bridgehead atoms. The van der Waals surface area contributed by atoms with Gasteiger partial charge in [-0.3, -0.25) is 0 Å². The topological polar surface area (TPSA) is 63.8 Å². The summed E-state index contributed by atoms with van der Waals surface area (Å²) >= 11 is 5.92. The van der Waals surface area contributed by atoms with Crippen LogP contribution in [0.5, 0.6) is 0 Å². The van der Waals surface area contributed by atoms with Gasteiger partial charge in [-0.05, 0) is 12.1 Å². The lowest BCUT2D eigenvalue weighted by atomic mass is 10.1. The molecule has 100 valence electrons. The Bertz CT molecular complexity index is 540. The number of halogens is 1. The van der Waals surface area contributed by atoms with Crippen molar-refractivity contribution in [2.75, 3.05) is 18.4 Å². The smallest absolute Gasteiger partial charge is 0.128 e. The van der Waals surface area contributed by atoms with Gasteiger partial charge in [0, 0.05) is 30.1 Å². The molecule has 0 saturated heterocycles. The summed E-state index contributed by atoms with van der Waals surface area (Å²) in [4.78, 5) is 8.90.